The van der Waals surface area contributed by atoms with Gasteiger partial charge in [0.1, 0.15) is 0 Å². The third-order valence-corrected chi connectivity index (χ3v) is 4.60. The molecule has 1 aliphatic rings. The van der Waals surface area contributed by atoms with Gasteiger partial charge < -0.3 is 10.8 Å². The van der Waals surface area contributed by atoms with Crippen LogP contribution in [-0.4, -0.2) is 14.9 Å². The summed E-state index contributed by atoms with van der Waals surface area (Å²) in [4.78, 5) is 0. The van der Waals surface area contributed by atoms with E-state index in [-0.39, 0.29) is 6.04 Å². The van der Waals surface area contributed by atoms with E-state index in [1.807, 2.05) is 41.2 Å². The van der Waals surface area contributed by atoms with Crippen LogP contribution < -0.4 is 5.73 Å². The maximum absolute atomic E-state index is 11.0. The van der Waals surface area contributed by atoms with Crippen molar-refractivity contribution in [3.63, 3.8) is 0 Å². The summed E-state index contributed by atoms with van der Waals surface area (Å²) in [6.45, 7) is 4.29. The van der Waals surface area contributed by atoms with Crippen LogP contribution in [-0.2, 0) is 12.0 Å². The topological polar surface area (TPSA) is 64.1 Å². The predicted molar refractivity (Wildman–Crippen MR) is 82.8 cm³/mol. The van der Waals surface area contributed by atoms with Gasteiger partial charge in [0, 0.05) is 24.7 Å². The first-order chi connectivity index (χ1) is 10.0. The zero-order chi connectivity index (χ0) is 15.0. The van der Waals surface area contributed by atoms with E-state index in [0.717, 1.165) is 23.2 Å². The van der Waals surface area contributed by atoms with Crippen LogP contribution in [0.3, 0.4) is 0 Å². The van der Waals surface area contributed by atoms with Gasteiger partial charge in [-0.3, -0.25) is 4.68 Å². The Labute approximate surface area is 125 Å². The summed E-state index contributed by atoms with van der Waals surface area (Å²) in [5, 5.41) is 15.6. The summed E-state index contributed by atoms with van der Waals surface area (Å²) < 4.78 is 1.97. The molecule has 3 rings (SSSR count). The molecule has 21 heavy (non-hydrogen) atoms. The van der Waals surface area contributed by atoms with E-state index in [1.54, 1.807) is 0 Å². The first-order valence-corrected chi connectivity index (χ1v) is 7.65. The van der Waals surface area contributed by atoms with Gasteiger partial charge in [0.2, 0.25) is 0 Å². The van der Waals surface area contributed by atoms with Crippen LogP contribution in [0, 0.1) is 0 Å². The first kappa shape index (κ1) is 14.3. The van der Waals surface area contributed by atoms with E-state index in [1.165, 1.54) is 0 Å². The van der Waals surface area contributed by atoms with Crippen molar-refractivity contribution in [3.8, 4) is 0 Å². The molecule has 3 unspecified atom stereocenters. The van der Waals surface area contributed by atoms with Crippen LogP contribution in [0.5, 0.6) is 0 Å². The van der Waals surface area contributed by atoms with E-state index >= 15 is 0 Å². The summed E-state index contributed by atoms with van der Waals surface area (Å²) in [5.74, 6) is 0. The van der Waals surface area contributed by atoms with Crippen molar-refractivity contribution in [1.29, 1.82) is 0 Å². The molecule has 1 aromatic carbocycles. The number of benzene rings is 1. The Kier molecular flexibility index (Phi) is 3.59. The lowest BCUT2D eigenvalue weighted by Crippen LogP contribution is -2.27. The summed E-state index contributed by atoms with van der Waals surface area (Å²) >= 11 is 0. The smallest absolute Gasteiger partial charge is 0.0973 e. The Morgan fingerprint density at radius 2 is 2.19 bits per heavy atom. The Hall–Kier alpha value is -1.65. The fourth-order valence-electron chi connectivity index (χ4n) is 3.20. The van der Waals surface area contributed by atoms with Crippen molar-refractivity contribution in [2.75, 3.05) is 0 Å². The monoisotopic (exact) mass is 285 g/mol. The number of rotatable bonds is 4. The van der Waals surface area contributed by atoms with Crippen LogP contribution in [0.1, 0.15) is 55.6 Å². The molecule has 3 atom stereocenters. The number of fused-ring (bicyclic) bond motifs is 1. The molecule has 0 fully saturated rings. The molecule has 2 aromatic rings. The summed E-state index contributed by atoms with van der Waals surface area (Å²) in [6, 6.07) is 10.2. The van der Waals surface area contributed by atoms with E-state index in [0.29, 0.717) is 18.9 Å². The van der Waals surface area contributed by atoms with Crippen LogP contribution in [0.25, 0.3) is 0 Å². The predicted octanol–water partition coefficient (Wildman–Crippen LogP) is 2.69. The summed E-state index contributed by atoms with van der Waals surface area (Å²) in [6.07, 6.45) is 4.11. The summed E-state index contributed by atoms with van der Waals surface area (Å²) in [5.41, 5.74) is 8.20. The molecule has 4 nitrogen and oxygen atoms in total. The molecule has 0 saturated heterocycles. The van der Waals surface area contributed by atoms with Gasteiger partial charge in [0.15, 0.2) is 0 Å². The van der Waals surface area contributed by atoms with Gasteiger partial charge in [0.05, 0.1) is 11.3 Å². The highest BCUT2D eigenvalue weighted by atomic mass is 16.3. The molecule has 1 heterocycles. The van der Waals surface area contributed by atoms with Crippen molar-refractivity contribution in [3.05, 3.63) is 53.3 Å². The van der Waals surface area contributed by atoms with E-state index in [9.17, 15) is 5.11 Å². The Morgan fingerprint density at radius 3 is 2.95 bits per heavy atom. The number of hydrogen-bond donors (Lipinski definition) is 2. The minimum atomic E-state index is -0.898. The standard InChI is InChI=1S/C17H23N3O/c1-3-12(2)20-9-8-13(19-20)10-17(21)11-16(18)14-6-4-5-7-15(14)17/h4-9,12,16,21H,3,10-11,18H2,1-2H3. The number of aliphatic hydroxyl groups is 1. The number of aromatic nitrogens is 2. The zero-order valence-electron chi connectivity index (χ0n) is 12.7. The molecule has 1 aromatic heterocycles. The minimum Gasteiger partial charge on any atom is -0.385 e. The Balaban J connectivity index is 1.86. The van der Waals surface area contributed by atoms with Crippen molar-refractivity contribution >= 4 is 0 Å². The van der Waals surface area contributed by atoms with Gasteiger partial charge in [-0.05, 0) is 37.0 Å². The third kappa shape index (κ3) is 2.49. The van der Waals surface area contributed by atoms with E-state index < -0.39 is 5.60 Å². The maximum atomic E-state index is 11.0. The minimum absolute atomic E-state index is 0.0946. The largest absolute Gasteiger partial charge is 0.385 e. The van der Waals surface area contributed by atoms with Gasteiger partial charge >= 0.3 is 0 Å². The van der Waals surface area contributed by atoms with E-state index in [2.05, 4.69) is 18.9 Å². The van der Waals surface area contributed by atoms with Crippen molar-refractivity contribution in [2.24, 2.45) is 5.73 Å². The lowest BCUT2D eigenvalue weighted by atomic mass is 9.91. The fourth-order valence-corrected chi connectivity index (χ4v) is 3.20. The molecule has 0 radical (unpaired) electrons. The van der Waals surface area contributed by atoms with Crippen molar-refractivity contribution in [1.82, 2.24) is 9.78 Å². The molecular weight excluding hydrogens is 262 g/mol. The molecule has 0 aliphatic heterocycles. The van der Waals surface area contributed by atoms with Crippen LogP contribution in [0.4, 0.5) is 0 Å². The highest BCUT2D eigenvalue weighted by molar-refractivity contribution is 5.40. The van der Waals surface area contributed by atoms with E-state index in [4.69, 9.17) is 5.73 Å². The fraction of sp³-hybridized carbons (Fsp3) is 0.471. The molecule has 0 spiro atoms. The van der Waals surface area contributed by atoms with Crippen molar-refractivity contribution < 1.29 is 5.11 Å². The maximum Gasteiger partial charge on any atom is 0.0973 e. The highest BCUT2D eigenvalue weighted by Crippen LogP contribution is 2.43. The highest BCUT2D eigenvalue weighted by Gasteiger charge is 2.41. The average molecular weight is 285 g/mol. The Bertz CT molecular complexity index is 636. The molecule has 4 heteroatoms. The number of hydrogen-bond acceptors (Lipinski definition) is 3. The molecule has 0 saturated carbocycles. The molecule has 0 bridgehead atoms. The SMILES string of the molecule is CCC(C)n1ccc(CC2(O)CC(N)c3ccccc32)n1. The zero-order valence-corrected chi connectivity index (χ0v) is 12.7. The van der Waals surface area contributed by atoms with Crippen LogP contribution in [0.15, 0.2) is 36.5 Å². The second-order valence-corrected chi connectivity index (χ2v) is 6.15. The quantitative estimate of drug-likeness (QED) is 0.907. The Morgan fingerprint density at radius 1 is 1.43 bits per heavy atom. The van der Waals surface area contributed by atoms with Gasteiger partial charge in [0.25, 0.3) is 0 Å². The average Bonchev–Trinajstić information content (AvgIpc) is 3.03. The van der Waals surface area contributed by atoms with Crippen LogP contribution in [0.2, 0.25) is 0 Å². The normalized spacial score (nSPS) is 25.8. The van der Waals surface area contributed by atoms with Gasteiger partial charge in [-0.15, -0.1) is 0 Å². The lowest BCUT2D eigenvalue weighted by Gasteiger charge is -2.23. The molecular formula is C17H23N3O. The first-order valence-electron chi connectivity index (χ1n) is 7.65. The van der Waals surface area contributed by atoms with Crippen molar-refractivity contribution in [2.45, 2.75) is 50.8 Å². The van der Waals surface area contributed by atoms with Crippen LogP contribution >= 0.6 is 0 Å². The third-order valence-electron chi connectivity index (χ3n) is 4.60. The number of nitrogens with zero attached hydrogens (tertiary/aromatic N) is 2. The molecule has 3 N–H and O–H groups in total. The lowest BCUT2D eigenvalue weighted by molar-refractivity contribution is 0.0330. The second kappa shape index (κ2) is 5.28. The number of nitrogens with two attached hydrogens (primary N) is 1. The van der Waals surface area contributed by atoms with Gasteiger partial charge in [-0.25, -0.2) is 0 Å². The molecule has 1 aliphatic carbocycles. The van der Waals surface area contributed by atoms with Gasteiger partial charge in [-0.2, -0.15) is 5.10 Å². The summed E-state index contributed by atoms with van der Waals surface area (Å²) in [7, 11) is 0. The molecule has 112 valence electrons. The van der Waals surface area contributed by atoms with Gasteiger partial charge in [-0.1, -0.05) is 31.2 Å². The molecule has 0 amide bonds. The second-order valence-electron chi connectivity index (χ2n) is 6.15.